The van der Waals surface area contributed by atoms with Crippen molar-refractivity contribution in [1.29, 1.82) is 0 Å². The van der Waals surface area contributed by atoms with Crippen molar-refractivity contribution in [3.05, 3.63) is 35.4 Å². The summed E-state index contributed by atoms with van der Waals surface area (Å²) in [7, 11) is 0. The van der Waals surface area contributed by atoms with Gasteiger partial charge in [0.25, 0.3) is 0 Å². The third-order valence-electron chi connectivity index (χ3n) is 4.39. The predicted molar refractivity (Wildman–Crippen MR) is 80.3 cm³/mol. The van der Waals surface area contributed by atoms with Crippen LogP contribution in [0.1, 0.15) is 44.1 Å². The minimum absolute atomic E-state index is 0.00970. The highest BCUT2D eigenvalue weighted by atomic mass is 19.2. The first-order valence-electron chi connectivity index (χ1n) is 7.95. The molecule has 1 amide bonds. The number of halogens is 2. The molecule has 0 heterocycles. The van der Waals surface area contributed by atoms with Crippen LogP contribution in [0.3, 0.4) is 0 Å². The summed E-state index contributed by atoms with van der Waals surface area (Å²) >= 11 is 0. The van der Waals surface area contributed by atoms with Crippen LogP contribution in [-0.4, -0.2) is 23.7 Å². The van der Waals surface area contributed by atoms with E-state index < -0.39 is 11.6 Å². The van der Waals surface area contributed by atoms with E-state index >= 15 is 0 Å². The lowest BCUT2D eigenvalue weighted by atomic mass is 9.82. The monoisotopic (exact) mass is 311 g/mol. The van der Waals surface area contributed by atoms with Gasteiger partial charge in [-0.25, -0.2) is 8.78 Å². The summed E-state index contributed by atoms with van der Waals surface area (Å²) in [5, 5.41) is 12.1. The molecule has 0 saturated heterocycles. The van der Waals surface area contributed by atoms with E-state index in [9.17, 15) is 18.7 Å². The van der Waals surface area contributed by atoms with Crippen LogP contribution in [0.2, 0.25) is 0 Å². The Labute approximate surface area is 129 Å². The van der Waals surface area contributed by atoms with Gasteiger partial charge in [-0.05, 0) is 31.2 Å². The average Bonchev–Trinajstić information content (AvgIpc) is 2.52. The molecule has 5 heteroatoms. The molecule has 0 spiro atoms. The summed E-state index contributed by atoms with van der Waals surface area (Å²) in [4.78, 5) is 12.1. The number of hydrogen-bond acceptors (Lipinski definition) is 2. The average molecular weight is 311 g/mol. The Bertz CT molecular complexity index is 501. The maximum absolute atomic E-state index is 13.6. The zero-order valence-electron chi connectivity index (χ0n) is 12.7. The fourth-order valence-corrected chi connectivity index (χ4v) is 3.22. The fourth-order valence-electron chi connectivity index (χ4n) is 3.22. The molecular formula is C17H23F2NO2. The second kappa shape index (κ2) is 8.22. The molecule has 1 aromatic rings. The van der Waals surface area contributed by atoms with E-state index in [2.05, 4.69) is 5.32 Å². The van der Waals surface area contributed by atoms with Crippen molar-refractivity contribution < 1.29 is 18.7 Å². The third-order valence-corrected chi connectivity index (χ3v) is 4.39. The van der Waals surface area contributed by atoms with Crippen molar-refractivity contribution in [2.24, 2.45) is 5.92 Å². The highest BCUT2D eigenvalue weighted by molar-refractivity contribution is 5.79. The molecule has 22 heavy (non-hydrogen) atoms. The number of carbonyl (C=O) groups is 1. The maximum atomic E-state index is 13.6. The largest absolute Gasteiger partial charge is 0.396 e. The van der Waals surface area contributed by atoms with Crippen molar-refractivity contribution in [2.45, 2.75) is 51.0 Å². The van der Waals surface area contributed by atoms with Gasteiger partial charge >= 0.3 is 0 Å². The SMILES string of the molecule is O=C(Cc1cccc(F)c1F)NC(CCO)C1CCCCC1. The predicted octanol–water partition coefficient (Wildman–Crippen LogP) is 2.95. The molecule has 0 aromatic heterocycles. The number of benzene rings is 1. The van der Waals surface area contributed by atoms with Gasteiger partial charge in [-0.2, -0.15) is 0 Å². The summed E-state index contributed by atoms with van der Waals surface area (Å²) < 4.78 is 26.8. The molecular weight excluding hydrogens is 288 g/mol. The highest BCUT2D eigenvalue weighted by Gasteiger charge is 2.25. The number of aliphatic hydroxyl groups excluding tert-OH is 1. The zero-order chi connectivity index (χ0) is 15.9. The van der Waals surface area contributed by atoms with Crippen molar-refractivity contribution in [1.82, 2.24) is 5.32 Å². The van der Waals surface area contributed by atoms with E-state index in [-0.39, 0.29) is 30.5 Å². The Balaban J connectivity index is 1.96. The van der Waals surface area contributed by atoms with Crippen LogP contribution >= 0.6 is 0 Å². The standard InChI is InChI=1S/C17H23F2NO2/c18-14-8-4-7-13(17(14)19)11-16(22)20-15(9-10-21)12-5-2-1-3-6-12/h4,7-8,12,15,21H,1-3,5-6,9-11H2,(H,20,22). The number of nitrogens with one attached hydrogen (secondary N) is 1. The van der Waals surface area contributed by atoms with E-state index in [1.165, 1.54) is 18.6 Å². The molecule has 1 saturated carbocycles. The molecule has 2 rings (SSSR count). The molecule has 1 aliphatic carbocycles. The lowest BCUT2D eigenvalue weighted by Crippen LogP contribution is -2.42. The van der Waals surface area contributed by atoms with E-state index in [1.54, 1.807) is 0 Å². The quantitative estimate of drug-likeness (QED) is 0.848. The van der Waals surface area contributed by atoms with Gasteiger partial charge in [-0.3, -0.25) is 4.79 Å². The number of amides is 1. The molecule has 1 unspecified atom stereocenters. The molecule has 122 valence electrons. The van der Waals surface area contributed by atoms with Gasteiger partial charge < -0.3 is 10.4 Å². The van der Waals surface area contributed by atoms with Crippen LogP contribution in [0.25, 0.3) is 0 Å². The molecule has 0 bridgehead atoms. The van der Waals surface area contributed by atoms with E-state index in [0.717, 1.165) is 31.7 Å². The maximum Gasteiger partial charge on any atom is 0.224 e. The number of hydrogen-bond donors (Lipinski definition) is 2. The topological polar surface area (TPSA) is 49.3 Å². The van der Waals surface area contributed by atoms with E-state index in [0.29, 0.717) is 12.3 Å². The summed E-state index contributed by atoms with van der Waals surface area (Å²) in [6.45, 7) is 0.00970. The fraction of sp³-hybridized carbons (Fsp3) is 0.588. The van der Waals surface area contributed by atoms with Gasteiger partial charge in [-0.15, -0.1) is 0 Å². The van der Waals surface area contributed by atoms with Crippen molar-refractivity contribution in [3.63, 3.8) is 0 Å². The molecule has 1 fully saturated rings. The molecule has 0 radical (unpaired) electrons. The minimum atomic E-state index is -0.964. The Morgan fingerprint density at radius 3 is 2.68 bits per heavy atom. The van der Waals surface area contributed by atoms with Crippen LogP contribution in [-0.2, 0) is 11.2 Å². The summed E-state index contributed by atoms with van der Waals surface area (Å²) in [5.41, 5.74) is 0.0592. The van der Waals surface area contributed by atoms with Crippen molar-refractivity contribution in [2.75, 3.05) is 6.61 Å². The first kappa shape index (κ1) is 16.9. The number of rotatable bonds is 6. The van der Waals surface area contributed by atoms with Gasteiger partial charge in [0.05, 0.1) is 6.42 Å². The number of carbonyl (C=O) groups excluding carboxylic acids is 1. The molecule has 1 aliphatic rings. The van der Waals surface area contributed by atoms with Crippen LogP contribution in [0.4, 0.5) is 8.78 Å². The van der Waals surface area contributed by atoms with Crippen LogP contribution < -0.4 is 5.32 Å². The molecule has 1 atom stereocenters. The lowest BCUT2D eigenvalue weighted by molar-refractivity contribution is -0.121. The van der Waals surface area contributed by atoms with Crippen LogP contribution in [0.15, 0.2) is 18.2 Å². The smallest absolute Gasteiger partial charge is 0.224 e. The van der Waals surface area contributed by atoms with Crippen LogP contribution in [0, 0.1) is 17.6 Å². The molecule has 0 aliphatic heterocycles. The van der Waals surface area contributed by atoms with E-state index in [4.69, 9.17) is 0 Å². The Hall–Kier alpha value is -1.49. The Morgan fingerprint density at radius 2 is 2.00 bits per heavy atom. The number of aliphatic hydroxyl groups is 1. The lowest BCUT2D eigenvalue weighted by Gasteiger charge is -2.30. The molecule has 2 N–H and O–H groups in total. The van der Waals surface area contributed by atoms with E-state index in [1.807, 2.05) is 0 Å². The van der Waals surface area contributed by atoms with Crippen molar-refractivity contribution >= 4 is 5.91 Å². The van der Waals surface area contributed by atoms with Crippen LogP contribution in [0.5, 0.6) is 0 Å². The summed E-state index contributed by atoms with van der Waals surface area (Å²) in [6, 6.07) is 3.76. The highest BCUT2D eigenvalue weighted by Crippen LogP contribution is 2.27. The Morgan fingerprint density at radius 1 is 1.27 bits per heavy atom. The summed E-state index contributed by atoms with van der Waals surface area (Å²) in [6.07, 6.45) is 5.89. The normalized spacial score (nSPS) is 17.2. The van der Waals surface area contributed by atoms with Crippen molar-refractivity contribution in [3.8, 4) is 0 Å². The first-order valence-corrected chi connectivity index (χ1v) is 7.95. The second-order valence-corrected chi connectivity index (χ2v) is 5.97. The summed E-state index contributed by atoms with van der Waals surface area (Å²) in [5.74, 6) is -1.87. The first-order chi connectivity index (χ1) is 10.6. The van der Waals surface area contributed by atoms with Gasteiger partial charge in [0.2, 0.25) is 5.91 Å². The Kier molecular flexibility index (Phi) is 6.31. The van der Waals surface area contributed by atoms with Gasteiger partial charge in [0, 0.05) is 18.2 Å². The molecule has 3 nitrogen and oxygen atoms in total. The van der Waals surface area contributed by atoms with Gasteiger partial charge in [-0.1, -0.05) is 31.4 Å². The van der Waals surface area contributed by atoms with Gasteiger partial charge in [0.1, 0.15) is 0 Å². The third kappa shape index (κ3) is 4.50. The van der Waals surface area contributed by atoms with Gasteiger partial charge in [0.15, 0.2) is 11.6 Å². The second-order valence-electron chi connectivity index (χ2n) is 5.97. The molecule has 1 aromatic carbocycles. The minimum Gasteiger partial charge on any atom is -0.396 e. The zero-order valence-corrected chi connectivity index (χ0v) is 12.7.